The number of carbonyl (C=O) groups excluding carboxylic acids is 1. The predicted molar refractivity (Wildman–Crippen MR) is 146 cm³/mol. The van der Waals surface area contributed by atoms with Crippen molar-refractivity contribution in [3.63, 3.8) is 0 Å². The highest BCUT2D eigenvalue weighted by atomic mass is 35.5. The molecule has 1 unspecified atom stereocenters. The third kappa shape index (κ3) is 5.31. The largest absolute Gasteiger partial charge is 0.368 e. The Labute approximate surface area is 223 Å². The summed E-state index contributed by atoms with van der Waals surface area (Å²) >= 11 is 6.34. The minimum absolute atomic E-state index is 0.0523. The standard InChI is InChI=1S/C28H34ClFN6O/c1-20-18-35(24-8-6-23(30)7-9-24)15-16-36(20)28(37)26-17-22(21(2)32(26)3)19-33-11-13-34(14-12-33)27-25(29)5-4-10-31-27/h4-10,17,20H,11-16,18-19H2,1-3H3. The van der Waals surface area contributed by atoms with Gasteiger partial charge < -0.3 is 19.3 Å². The molecule has 5 rings (SSSR count). The van der Waals surface area contributed by atoms with Crippen LogP contribution in [0.4, 0.5) is 15.9 Å². The van der Waals surface area contributed by atoms with Crippen molar-refractivity contribution in [3.8, 4) is 0 Å². The highest BCUT2D eigenvalue weighted by Crippen LogP contribution is 2.26. The second kappa shape index (κ2) is 10.7. The van der Waals surface area contributed by atoms with Crippen LogP contribution < -0.4 is 9.80 Å². The van der Waals surface area contributed by atoms with Gasteiger partial charge in [-0.2, -0.15) is 0 Å². The fourth-order valence-corrected chi connectivity index (χ4v) is 5.63. The number of aromatic nitrogens is 2. The van der Waals surface area contributed by atoms with Crippen molar-refractivity contribution >= 4 is 29.0 Å². The molecule has 0 radical (unpaired) electrons. The number of rotatable bonds is 5. The van der Waals surface area contributed by atoms with E-state index in [1.54, 1.807) is 18.3 Å². The number of piperazine rings is 2. The molecule has 1 amide bonds. The fourth-order valence-electron chi connectivity index (χ4n) is 5.39. The van der Waals surface area contributed by atoms with Crippen LogP contribution in [0.2, 0.25) is 5.02 Å². The minimum Gasteiger partial charge on any atom is -0.368 e. The van der Waals surface area contributed by atoms with E-state index in [4.69, 9.17) is 11.6 Å². The third-order valence-electron chi connectivity index (χ3n) is 7.74. The first-order valence-electron chi connectivity index (χ1n) is 12.9. The quantitative estimate of drug-likeness (QED) is 0.501. The van der Waals surface area contributed by atoms with Crippen LogP contribution in [-0.4, -0.2) is 77.1 Å². The number of nitrogens with zero attached hydrogens (tertiary/aromatic N) is 6. The zero-order chi connectivity index (χ0) is 26.1. The van der Waals surface area contributed by atoms with Crippen molar-refractivity contribution in [3.05, 3.63) is 76.5 Å². The van der Waals surface area contributed by atoms with Crippen LogP contribution in [-0.2, 0) is 13.6 Å². The molecule has 0 aliphatic carbocycles. The Morgan fingerprint density at radius 1 is 1.05 bits per heavy atom. The molecule has 9 heteroatoms. The molecule has 2 aromatic heterocycles. The van der Waals surface area contributed by atoms with E-state index < -0.39 is 0 Å². The average Bonchev–Trinajstić information content (AvgIpc) is 3.18. The summed E-state index contributed by atoms with van der Waals surface area (Å²) < 4.78 is 15.4. The van der Waals surface area contributed by atoms with E-state index in [0.717, 1.165) is 68.7 Å². The molecule has 2 aliphatic rings. The Morgan fingerprint density at radius 2 is 1.76 bits per heavy atom. The van der Waals surface area contributed by atoms with Crippen molar-refractivity contribution in [2.45, 2.75) is 26.4 Å². The lowest BCUT2D eigenvalue weighted by atomic mass is 10.1. The van der Waals surface area contributed by atoms with E-state index in [1.807, 2.05) is 28.6 Å². The average molecular weight is 525 g/mol. The maximum absolute atomic E-state index is 13.6. The second-order valence-electron chi connectivity index (χ2n) is 10.0. The molecular weight excluding hydrogens is 491 g/mol. The third-order valence-corrected chi connectivity index (χ3v) is 8.04. The number of halogens is 2. The van der Waals surface area contributed by atoms with E-state index in [9.17, 15) is 9.18 Å². The maximum Gasteiger partial charge on any atom is 0.270 e. The van der Waals surface area contributed by atoms with Gasteiger partial charge in [0.05, 0.1) is 5.02 Å². The van der Waals surface area contributed by atoms with E-state index in [2.05, 4.69) is 39.6 Å². The smallest absolute Gasteiger partial charge is 0.270 e. The van der Waals surface area contributed by atoms with Gasteiger partial charge in [0, 0.05) is 83.0 Å². The van der Waals surface area contributed by atoms with Gasteiger partial charge in [-0.25, -0.2) is 9.37 Å². The summed E-state index contributed by atoms with van der Waals surface area (Å²) in [5, 5.41) is 0.686. The summed E-state index contributed by atoms with van der Waals surface area (Å²) in [5.41, 5.74) is 4.03. The fraction of sp³-hybridized carbons (Fsp3) is 0.429. The van der Waals surface area contributed by atoms with Crippen LogP contribution in [0, 0.1) is 12.7 Å². The summed E-state index contributed by atoms with van der Waals surface area (Å²) in [6.07, 6.45) is 1.78. The number of anilines is 2. The summed E-state index contributed by atoms with van der Waals surface area (Å²) in [6, 6.07) is 12.4. The number of hydrogen-bond donors (Lipinski definition) is 0. The van der Waals surface area contributed by atoms with Crippen molar-refractivity contribution in [2.24, 2.45) is 7.05 Å². The van der Waals surface area contributed by atoms with Crippen LogP contribution in [0.3, 0.4) is 0 Å². The summed E-state index contributed by atoms with van der Waals surface area (Å²) in [7, 11) is 1.98. The zero-order valence-electron chi connectivity index (χ0n) is 21.7. The molecule has 2 saturated heterocycles. The highest BCUT2D eigenvalue weighted by molar-refractivity contribution is 6.32. The molecule has 2 aliphatic heterocycles. The Morgan fingerprint density at radius 3 is 2.43 bits per heavy atom. The molecule has 3 aromatic rings. The van der Waals surface area contributed by atoms with E-state index in [1.165, 1.54) is 17.7 Å². The normalized spacial score (nSPS) is 18.9. The SMILES string of the molecule is Cc1c(CN2CCN(c3ncccc3Cl)CC2)cc(C(=O)N2CCN(c3ccc(F)cc3)CC2C)n1C. The van der Waals surface area contributed by atoms with Crippen LogP contribution in [0.15, 0.2) is 48.7 Å². The highest BCUT2D eigenvalue weighted by Gasteiger charge is 2.31. The Bertz CT molecular complexity index is 1250. The topological polar surface area (TPSA) is 47.9 Å². The summed E-state index contributed by atoms with van der Waals surface area (Å²) in [4.78, 5) is 26.9. The molecule has 2 fully saturated rings. The Kier molecular flexibility index (Phi) is 7.40. The maximum atomic E-state index is 13.6. The van der Waals surface area contributed by atoms with E-state index >= 15 is 0 Å². The number of pyridine rings is 1. The lowest BCUT2D eigenvalue weighted by molar-refractivity contribution is 0.0664. The van der Waals surface area contributed by atoms with Gasteiger partial charge in [-0.15, -0.1) is 0 Å². The monoisotopic (exact) mass is 524 g/mol. The molecule has 4 heterocycles. The lowest BCUT2D eigenvalue weighted by Gasteiger charge is -2.41. The van der Waals surface area contributed by atoms with Gasteiger partial charge in [-0.1, -0.05) is 11.6 Å². The van der Waals surface area contributed by atoms with Crippen LogP contribution >= 0.6 is 11.6 Å². The van der Waals surface area contributed by atoms with Gasteiger partial charge in [0.2, 0.25) is 0 Å². The molecule has 1 aromatic carbocycles. The van der Waals surface area contributed by atoms with Crippen LogP contribution in [0.25, 0.3) is 0 Å². The van der Waals surface area contributed by atoms with Crippen LogP contribution in [0.5, 0.6) is 0 Å². The van der Waals surface area contributed by atoms with Crippen molar-refractivity contribution in [2.75, 3.05) is 55.6 Å². The Hall–Kier alpha value is -3.10. The van der Waals surface area contributed by atoms with Gasteiger partial charge in [0.25, 0.3) is 5.91 Å². The molecule has 37 heavy (non-hydrogen) atoms. The summed E-state index contributed by atoms with van der Waals surface area (Å²) in [5.74, 6) is 0.680. The molecular formula is C28H34ClFN6O. The number of hydrogen-bond acceptors (Lipinski definition) is 5. The summed E-state index contributed by atoms with van der Waals surface area (Å²) in [6.45, 7) is 10.6. The second-order valence-corrected chi connectivity index (χ2v) is 10.4. The van der Waals surface area contributed by atoms with Gasteiger partial charge >= 0.3 is 0 Å². The number of carbonyl (C=O) groups is 1. The van der Waals surface area contributed by atoms with Gasteiger partial charge in [0.15, 0.2) is 0 Å². The molecule has 0 N–H and O–H groups in total. The first-order chi connectivity index (χ1) is 17.8. The molecule has 7 nitrogen and oxygen atoms in total. The minimum atomic E-state index is -0.236. The van der Waals surface area contributed by atoms with Crippen molar-refractivity contribution < 1.29 is 9.18 Å². The predicted octanol–water partition coefficient (Wildman–Crippen LogP) is 4.19. The Balaban J connectivity index is 1.22. The van der Waals surface area contributed by atoms with Gasteiger partial charge in [-0.05, 0) is 61.9 Å². The van der Waals surface area contributed by atoms with E-state index in [-0.39, 0.29) is 17.8 Å². The zero-order valence-corrected chi connectivity index (χ0v) is 22.5. The lowest BCUT2D eigenvalue weighted by Crippen LogP contribution is -2.54. The van der Waals surface area contributed by atoms with E-state index in [0.29, 0.717) is 11.6 Å². The van der Waals surface area contributed by atoms with Gasteiger partial charge in [0.1, 0.15) is 17.3 Å². The molecule has 0 bridgehead atoms. The molecule has 1 atom stereocenters. The number of amides is 1. The van der Waals surface area contributed by atoms with Crippen molar-refractivity contribution in [1.82, 2.24) is 19.4 Å². The first-order valence-corrected chi connectivity index (χ1v) is 13.2. The van der Waals surface area contributed by atoms with Gasteiger partial charge in [-0.3, -0.25) is 9.69 Å². The molecule has 0 saturated carbocycles. The number of benzene rings is 1. The van der Waals surface area contributed by atoms with Crippen LogP contribution in [0.1, 0.15) is 28.7 Å². The first kappa shape index (κ1) is 25.5. The molecule has 0 spiro atoms. The molecule has 196 valence electrons. The van der Waals surface area contributed by atoms with Crippen molar-refractivity contribution in [1.29, 1.82) is 0 Å².